The van der Waals surface area contributed by atoms with Crippen molar-refractivity contribution in [3.05, 3.63) is 65.9 Å². The van der Waals surface area contributed by atoms with E-state index in [0.717, 1.165) is 47.7 Å². The number of benzene rings is 2. The molecule has 1 atom stereocenters. The maximum atomic E-state index is 13.8. The summed E-state index contributed by atoms with van der Waals surface area (Å²) in [4.78, 5) is 29.0. The van der Waals surface area contributed by atoms with E-state index in [1.807, 2.05) is 66.2 Å². The van der Waals surface area contributed by atoms with Gasteiger partial charge in [-0.25, -0.2) is 4.68 Å². The summed E-state index contributed by atoms with van der Waals surface area (Å²) >= 11 is 1.43. The number of carbonyl (C=O) groups is 2. The molecule has 1 fully saturated rings. The fourth-order valence-electron chi connectivity index (χ4n) is 4.82. The van der Waals surface area contributed by atoms with Crippen LogP contribution in [0.3, 0.4) is 0 Å². The summed E-state index contributed by atoms with van der Waals surface area (Å²) in [6.07, 6.45) is 4.17. The minimum atomic E-state index is -0.802. The van der Waals surface area contributed by atoms with Gasteiger partial charge in [-0.15, -0.1) is 0 Å². The fraction of sp³-hybridized carbons (Fsp3) is 0.346. The van der Waals surface area contributed by atoms with Gasteiger partial charge in [-0.2, -0.15) is 5.10 Å². The van der Waals surface area contributed by atoms with E-state index in [1.165, 1.54) is 11.8 Å². The number of aryl methyl sites for hydroxylation is 1. The number of nitrogens with one attached hydrogen (secondary N) is 1. The predicted octanol–water partition coefficient (Wildman–Crippen LogP) is 4.43. The molecule has 1 aliphatic heterocycles. The van der Waals surface area contributed by atoms with Gasteiger partial charge in [-0.05, 0) is 56.2 Å². The summed E-state index contributed by atoms with van der Waals surface area (Å²) in [7, 11) is 1.61. The van der Waals surface area contributed by atoms with E-state index in [2.05, 4.69) is 5.32 Å². The number of hydrogen-bond acceptors (Lipinski definition) is 5. The van der Waals surface area contributed by atoms with E-state index in [0.29, 0.717) is 11.4 Å². The molecule has 2 aromatic carbocycles. The van der Waals surface area contributed by atoms with Gasteiger partial charge in [-0.3, -0.25) is 14.5 Å². The van der Waals surface area contributed by atoms with Crippen LogP contribution in [0.5, 0.6) is 5.75 Å². The number of carbonyl (C=O) groups excluding carboxylic acids is 2. The molecule has 1 aromatic heterocycles. The van der Waals surface area contributed by atoms with E-state index in [1.54, 1.807) is 12.0 Å². The first-order valence-electron chi connectivity index (χ1n) is 11.6. The van der Waals surface area contributed by atoms with Crippen molar-refractivity contribution in [3.63, 3.8) is 0 Å². The molecule has 0 radical (unpaired) electrons. The van der Waals surface area contributed by atoms with Crippen LogP contribution in [0.15, 0.2) is 59.6 Å². The Bertz CT molecular complexity index is 1190. The van der Waals surface area contributed by atoms with Crippen LogP contribution in [0.4, 0.5) is 5.69 Å². The normalized spacial score (nSPS) is 18.5. The predicted molar refractivity (Wildman–Crippen MR) is 133 cm³/mol. The van der Waals surface area contributed by atoms with Crippen LogP contribution < -0.4 is 15.0 Å². The molecule has 5 rings (SSSR count). The minimum Gasteiger partial charge on any atom is -0.497 e. The molecule has 1 saturated carbocycles. The SMILES string of the molecule is COc1ccc(N2C(=O)CSc3c(c(C)nn3-c3ccccc3)[C@@H]2C(=O)NC2CCCC2)cc1. The first kappa shape index (κ1) is 22.5. The van der Waals surface area contributed by atoms with Gasteiger partial charge in [0.2, 0.25) is 11.8 Å². The standard InChI is InChI=1S/C26H28N4O3S/c1-17-23-24(25(32)27-18-8-6-7-9-18)29(19-12-14-21(33-2)15-13-19)22(31)16-34-26(23)30(28-17)20-10-4-3-5-11-20/h3-5,10-15,18,24H,6-9,16H2,1-2H3,(H,27,32)/t24-/m1/s1. The molecular formula is C26H28N4O3S. The second-order valence-electron chi connectivity index (χ2n) is 8.69. The Kier molecular flexibility index (Phi) is 6.32. The number of rotatable bonds is 5. The molecule has 34 heavy (non-hydrogen) atoms. The van der Waals surface area contributed by atoms with Crippen LogP contribution in [-0.2, 0) is 9.59 Å². The molecule has 8 heteroatoms. The Morgan fingerprint density at radius 3 is 2.44 bits per heavy atom. The molecule has 0 spiro atoms. The lowest BCUT2D eigenvalue weighted by Gasteiger charge is -2.30. The molecule has 3 aromatic rings. The second-order valence-corrected chi connectivity index (χ2v) is 9.66. The number of methoxy groups -OCH3 is 1. The van der Waals surface area contributed by atoms with Crippen molar-refractivity contribution in [1.82, 2.24) is 15.1 Å². The van der Waals surface area contributed by atoms with E-state index in [-0.39, 0.29) is 23.6 Å². The van der Waals surface area contributed by atoms with Gasteiger partial charge in [0.1, 0.15) is 16.8 Å². The highest BCUT2D eigenvalue weighted by atomic mass is 32.2. The average molecular weight is 477 g/mol. The average Bonchev–Trinajstić information content (AvgIpc) is 3.45. The van der Waals surface area contributed by atoms with Crippen LogP contribution in [-0.4, -0.2) is 40.5 Å². The van der Waals surface area contributed by atoms with Crippen molar-refractivity contribution in [2.45, 2.75) is 49.7 Å². The highest BCUT2D eigenvalue weighted by molar-refractivity contribution is 8.00. The van der Waals surface area contributed by atoms with Gasteiger partial charge in [0.15, 0.2) is 0 Å². The van der Waals surface area contributed by atoms with Gasteiger partial charge >= 0.3 is 0 Å². The summed E-state index contributed by atoms with van der Waals surface area (Å²) in [6.45, 7) is 1.91. The van der Waals surface area contributed by atoms with Crippen LogP contribution in [0.25, 0.3) is 5.69 Å². The number of hydrogen-bond donors (Lipinski definition) is 1. The number of thioether (sulfide) groups is 1. The quantitative estimate of drug-likeness (QED) is 0.590. The maximum absolute atomic E-state index is 13.8. The zero-order chi connectivity index (χ0) is 23.7. The molecule has 1 N–H and O–H groups in total. The van der Waals surface area contributed by atoms with E-state index >= 15 is 0 Å². The number of aromatic nitrogens is 2. The smallest absolute Gasteiger partial charge is 0.248 e. The van der Waals surface area contributed by atoms with Crippen LogP contribution in [0.1, 0.15) is 43.0 Å². The highest BCUT2D eigenvalue weighted by Crippen LogP contribution is 2.41. The topological polar surface area (TPSA) is 76.5 Å². The molecular weight excluding hydrogens is 448 g/mol. The number of amides is 2. The largest absolute Gasteiger partial charge is 0.497 e. The highest BCUT2D eigenvalue weighted by Gasteiger charge is 2.41. The van der Waals surface area contributed by atoms with Crippen LogP contribution >= 0.6 is 11.8 Å². The third-order valence-electron chi connectivity index (χ3n) is 6.50. The summed E-state index contributed by atoms with van der Waals surface area (Å²) in [5.41, 5.74) is 3.09. The third kappa shape index (κ3) is 4.18. The Labute approximate surface area is 203 Å². The van der Waals surface area contributed by atoms with Crippen molar-refractivity contribution in [3.8, 4) is 11.4 Å². The molecule has 2 aliphatic rings. The molecule has 2 amide bonds. The monoisotopic (exact) mass is 476 g/mol. The lowest BCUT2D eigenvalue weighted by molar-refractivity contribution is -0.126. The lowest BCUT2D eigenvalue weighted by Crippen LogP contribution is -2.46. The Morgan fingerprint density at radius 1 is 1.06 bits per heavy atom. The summed E-state index contributed by atoms with van der Waals surface area (Å²) in [6, 6.07) is 16.5. The van der Waals surface area contributed by atoms with Crippen molar-refractivity contribution < 1.29 is 14.3 Å². The molecule has 0 saturated heterocycles. The molecule has 2 heterocycles. The third-order valence-corrected chi connectivity index (χ3v) is 7.55. The zero-order valence-corrected chi connectivity index (χ0v) is 20.2. The van der Waals surface area contributed by atoms with Crippen LogP contribution in [0.2, 0.25) is 0 Å². The molecule has 0 bridgehead atoms. The van der Waals surface area contributed by atoms with Crippen LogP contribution in [0, 0.1) is 6.92 Å². The Morgan fingerprint density at radius 2 is 1.76 bits per heavy atom. The molecule has 1 aliphatic carbocycles. The number of nitrogens with zero attached hydrogens (tertiary/aromatic N) is 3. The Balaban J connectivity index is 1.64. The summed E-state index contributed by atoms with van der Waals surface area (Å²) in [5, 5.41) is 8.87. The van der Waals surface area contributed by atoms with Gasteiger partial charge in [-0.1, -0.05) is 42.8 Å². The second kappa shape index (κ2) is 9.54. The zero-order valence-electron chi connectivity index (χ0n) is 19.4. The fourth-order valence-corrected chi connectivity index (χ4v) is 5.91. The number of anilines is 1. The number of para-hydroxylation sites is 1. The van der Waals surface area contributed by atoms with Crippen molar-refractivity contribution in [2.75, 3.05) is 17.8 Å². The van der Waals surface area contributed by atoms with E-state index in [4.69, 9.17) is 9.84 Å². The Hall–Kier alpha value is -3.26. The molecule has 7 nitrogen and oxygen atoms in total. The minimum absolute atomic E-state index is 0.114. The summed E-state index contributed by atoms with van der Waals surface area (Å²) < 4.78 is 7.16. The summed E-state index contributed by atoms with van der Waals surface area (Å²) in [5.74, 6) is 0.637. The van der Waals surface area contributed by atoms with Gasteiger partial charge in [0, 0.05) is 17.3 Å². The maximum Gasteiger partial charge on any atom is 0.248 e. The van der Waals surface area contributed by atoms with Crippen molar-refractivity contribution in [1.29, 1.82) is 0 Å². The molecule has 176 valence electrons. The van der Waals surface area contributed by atoms with Crippen molar-refractivity contribution >= 4 is 29.3 Å². The molecule has 0 unspecified atom stereocenters. The lowest BCUT2D eigenvalue weighted by atomic mass is 10.0. The van der Waals surface area contributed by atoms with E-state index < -0.39 is 6.04 Å². The number of ether oxygens (including phenoxy) is 1. The van der Waals surface area contributed by atoms with Gasteiger partial charge < -0.3 is 10.1 Å². The van der Waals surface area contributed by atoms with Crippen molar-refractivity contribution in [2.24, 2.45) is 0 Å². The van der Waals surface area contributed by atoms with Gasteiger partial charge in [0.25, 0.3) is 0 Å². The first-order chi connectivity index (χ1) is 16.6. The van der Waals surface area contributed by atoms with Gasteiger partial charge in [0.05, 0.1) is 24.2 Å². The number of fused-ring (bicyclic) bond motifs is 1. The first-order valence-corrected chi connectivity index (χ1v) is 12.6. The van der Waals surface area contributed by atoms with E-state index in [9.17, 15) is 9.59 Å².